The number of carbonyl (C=O) groups is 1. The third-order valence-electron chi connectivity index (χ3n) is 6.26. The molecule has 0 saturated carbocycles. The lowest BCUT2D eigenvalue weighted by atomic mass is 9.66. The Bertz CT molecular complexity index is 736. The summed E-state index contributed by atoms with van der Waals surface area (Å²) >= 11 is 3.95. The lowest BCUT2D eigenvalue weighted by Crippen LogP contribution is -2.49. The van der Waals surface area contributed by atoms with E-state index in [2.05, 4.69) is 57.9 Å². The third kappa shape index (κ3) is 4.12. The predicted molar refractivity (Wildman–Crippen MR) is 119 cm³/mol. The third-order valence-corrected chi connectivity index (χ3v) is 7.40. The molecule has 2 atom stereocenters. The van der Waals surface area contributed by atoms with Gasteiger partial charge in [-0.2, -0.15) is 0 Å². The normalized spacial score (nSPS) is 28.8. The van der Waals surface area contributed by atoms with Gasteiger partial charge in [0.25, 0.3) is 0 Å². The fourth-order valence-corrected chi connectivity index (χ4v) is 5.22. The maximum atomic E-state index is 13.1. The average molecular weight is 447 g/mol. The molecule has 0 radical (unpaired) electrons. The number of methoxy groups -OCH3 is 1. The van der Waals surface area contributed by atoms with Gasteiger partial charge in [-0.3, -0.25) is 4.79 Å². The van der Waals surface area contributed by atoms with Crippen molar-refractivity contribution < 1.29 is 9.53 Å². The molecule has 28 heavy (non-hydrogen) atoms. The number of piperazine rings is 1. The Kier molecular flexibility index (Phi) is 6.79. The number of likely N-dealkylation sites (N-methyl/N-ethyl adjacent to an activating group) is 1. The lowest BCUT2D eigenvalue weighted by Gasteiger charge is -2.45. The van der Waals surface area contributed by atoms with Gasteiger partial charge in [0.1, 0.15) is 5.41 Å². The summed E-state index contributed by atoms with van der Waals surface area (Å²) in [7, 11) is 3.66. The van der Waals surface area contributed by atoms with Crippen LogP contribution in [0.1, 0.15) is 25.3 Å². The highest BCUT2D eigenvalue weighted by Gasteiger charge is 2.54. The fraction of sp³-hybridized carbons (Fsp3) is 0.522. The van der Waals surface area contributed by atoms with Crippen LogP contribution in [0.4, 0.5) is 0 Å². The minimum absolute atomic E-state index is 0.178. The highest BCUT2D eigenvalue weighted by Crippen LogP contribution is 2.54. The first-order valence-electron chi connectivity index (χ1n) is 10.0. The van der Waals surface area contributed by atoms with Crippen molar-refractivity contribution in [1.29, 1.82) is 0 Å². The second kappa shape index (κ2) is 8.93. The number of alkyl halides is 1. The molecule has 1 heterocycles. The highest BCUT2D eigenvalue weighted by molar-refractivity contribution is 9.10. The zero-order valence-corrected chi connectivity index (χ0v) is 18.7. The lowest BCUT2D eigenvalue weighted by molar-refractivity contribution is -0.151. The van der Waals surface area contributed by atoms with Crippen LogP contribution in [0.5, 0.6) is 0 Å². The molecule has 2 aliphatic rings. The highest BCUT2D eigenvalue weighted by atomic mass is 79.9. The number of hydrogen-bond acceptors (Lipinski definition) is 4. The van der Waals surface area contributed by atoms with Crippen LogP contribution in [-0.4, -0.2) is 67.0 Å². The summed E-state index contributed by atoms with van der Waals surface area (Å²) in [4.78, 5) is 17.9. The topological polar surface area (TPSA) is 32.8 Å². The van der Waals surface area contributed by atoms with Crippen LogP contribution in [0.15, 0.2) is 48.6 Å². The van der Waals surface area contributed by atoms with Crippen molar-refractivity contribution in [2.45, 2.75) is 24.1 Å². The first-order valence-corrected chi connectivity index (χ1v) is 10.8. The molecule has 0 amide bonds. The summed E-state index contributed by atoms with van der Waals surface area (Å²) in [6.45, 7) is 7.52. The van der Waals surface area contributed by atoms with Crippen LogP contribution in [0.25, 0.3) is 5.57 Å². The van der Waals surface area contributed by atoms with Gasteiger partial charge >= 0.3 is 5.97 Å². The van der Waals surface area contributed by atoms with Gasteiger partial charge in [0.15, 0.2) is 0 Å². The molecule has 152 valence electrons. The number of allylic oxidation sites excluding steroid dienone is 3. The van der Waals surface area contributed by atoms with Crippen molar-refractivity contribution in [1.82, 2.24) is 9.80 Å². The molecule has 1 aliphatic heterocycles. The van der Waals surface area contributed by atoms with Crippen molar-refractivity contribution in [3.63, 3.8) is 0 Å². The van der Waals surface area contributed by atoms with E-state index in [1.807, 2.05) is 30.4 Å². The van der Waals surface area contributed by atoms with E-state index in [4.69, 9.17) is 4.74 Å². The first-order chi connectivity index (χ1) is 13.4. The van der Waals surface area contributed by atoms with E-state index in [1.54, 1.807) is 0 Å². The van der Waals surface area contributed by atoms with Gasteiger partial charge < -0.3 is 14.5 Å². The van der Waals surface area contributed by atoms with Crippen molar-refractivity contribution >= 4 is 27.5 Å². The minimum Gasteiger partial charge on any atom is -0.468 e. The summed E-state index contributed by atoms with van der Waals surface area (Å²) in [5.41, 5.74) is 1.51. The van der Waals surface area contributed by atoms with Crippen LogP contribution in [0.3, 0.4) is 0 Å². The van der Waals surface area contributed by atoms with E-state index in [0.717, 1.165) is 56.7 Å². The number of nitrogens with zero attached hydrogens (tertiary/aromatic N) is 2. The molecule has 0 spiro atoms. The van der Waals surface area contributed by atoms with Gasteiger partial charge in [0, 0.05) is 26.2 Å². The zero-order chi connectivity index (χ0) is 20.2. The van der Waals surface area contributed by atoms with Crippen molar-refractivity contribution in [2.24, 2.45) is 5.41 Å². The quantitative estimate of drug-likeness (QED) is 0.488. The minimum atomic E-state index is -0.728. The molecule has 1 aromatic carbocycles. The number of benzene rings is 1. The van der Waals surface area contributed by atoms with Crippen LogP contribution in [0.2, 0.25) is 0 Å². The zero-order valence-electron chi connectivity index (χ0n) is 17.2. The van der Waals surface area contributed by atoms with Gasteiger partial charge in [-0.15, -0.1) is 0 Å². The second-order valence-corrected chi connectivity index (χ2v) is 9.61. The average Bonchev–Trinajstić information content (AvgIpc) is 2.70. The van der Waals surface area contributed by atoms with Gasteiger partial charge in [-0.25, -0.2) is 0 Å². The molecule has 3 rings (SSSR count). The molecule has 1 aliphatic carbocycles. The summed E-state index contributed by atoms with van der Waals surface area (Å²) < 4.78 is 4.77. The standard InChI is InChI=1S/C23H31BrN2O2/c1-22(24)20(19-9-5-4-6-10-19)11-7-12-23(22,21(27)28-3)13-8-14-26-17-15-25(2)16-18-26/h4-7,9-12H,8,13-18H2,1-3H3. The van der Waals surface area contributed by atoms with Crippen molar-refractivity contribution in [3.8, 4) is 0 Å². The molecular weight excluding hydrogens is 416 g/mol. The Hall–Kier alpha value is -1.43. The van der Waals surface area contributed by atoms with Crippen LogP contribution >= 0.6 is 15.9 Å². The largest absolute Gasteiger partial charge is 0.468 e. The Balaban J connectivity index is 1.80. The maximum absolute atomic E-state index is 13.1. The molecule has 0 bridgehead atoms. The molecule has 5 heteroatoms. The van der Waals surface area contributed by atoms with Gasteiger partial charge in [0.2, 0.25) is 0 Å². The van der Waals surface area contributed by atoms with E-state index in [0.29, 0.717) is 0 Å². The van der Waals surface area contributed by atoms with E-state index < -0.39 is 9.74 Å². The van der Waals surface area contributed by atoms with Crippen LogP contribution in [0, 0.1) is 5.41 Å². The Morgan fingerprint density at radius 2 is 1.86 bits per heavy atom. The van der Waals surface area contributed by atoms with Gasteiger partial charge in [-0.05, 0) is 44.5 Å². The number of rotatable bonds is 6. The molecule has 0 N–H and O–H groups in total. The maximum Gasteiger partial charge on any atom is 0.317 e. The number of halogens is 1. The van der Waals surface area contributed by atoms with Crippen LogP contribution < -0.4 is 0 Å². The Labute approximate surface area is 177 Å². The monoisotopic (exact) mass is 446 g/mol. The van der Waals surface area contributed by atoms with E-state index in [1.165, 1.54) is 7.11 Å². The molecule has 1 aromatic rings. The molecule has 1 saturated heterocycles. The van der Waals surface area contributed by atoms with Crippen LogP contribution in [-0.2, 0) is 9.53 Å². The molecule has 2 unspecified atom stereocenters. The summed E-state index contributed by atoms with van der Waals surface area (Å²) in [5.74, 6) is -0.178. The first kappa shape index (κ1) is 21.3. The number of esters is 1. The number of carbonyl (C=O) groups excluding carboxylic acids is 1. The summed E-state index contributed by atoms with van der Waals surface area (Å²) in [6.07, 6.45) is 7.84. The molecule has 1 fully saturated rings. The number of hydrogen-bond donors (Lipinski definition) is 0. The van der Waals surface area contributed by atoms with E-state index in [-0.39, 0.29) is 5.97 Å². The smallest absolute Gasteiger partial charge is 0.317 e. The van der Waals surface area contributed by atoms with Crippen molar-refractivity contribution in [3.05, 3.63) is 54.1 Å². The van der Waals surface area contributed by atoms with E-state index in [9.17, 15) is 4.79 Å². The Morgan fingerprint density at radius 1 is 1.18 bits per heavy atom. The predicted octanol–water partition coefficient (Wildman–Crippen LogP) is 3.98. The fourth-order valence-electron chi connectivity index (χ4n) is 4.36. The SMILES string of the molecule is COC(=O)C1(CCCN2CCN(C)CC2)C=CC=C(c2ccccc2)C1(C)Br. The summed E-state index contributed by atoms with van der Waals surface area (Å²) in [6, 6.07) is 10.3. The molecular formula is C23H31BrN2O2. The molecule has 0 aromatic heterocycles. The van der Waals surface area contributed by atoms with Crippen molar-refractivity contribution in [2.75, 3.05) is 46.9 Å². The Morgan fingerprint density at radius 3 is 2.50 bits per heavy atom. The molecule has 4 nitrogen and oxygen atoms in total. The summed E-state index contributed by atoms with van der Waals surface area (Å²) in [5, 5.41) is 0. The van der Waals surface area contributed by atoms with E-state index >= 15 is 0 Å². The van der Waals surface area contributed by atoms with Gasteiger partial charge in [0.05, 0.1) is 11.4 Å². The van der Waals surface area contributed by atoms with Gasteiger partial charge in [-0.1, -0.05) is 64.5 Å². The second-order valence-electron chi connectivity index (χ2n) is 8.02. The number of ether oxygens (including phenoxy) is 1.